The van der Waals surface area contributed by atoms with Crippen molar-refractivity contribution in [2.75, 3.05) is 0 Å². The lowest BCUT2D eigenvalue weighted by atomic mass is 10.0. The Morgan fingerprint density at radius 1 is 0.225 bits per heavy atom. The number of aromatic nitrogens is 7. The first kappa shape index (κ1) is 71.3. The number of rotatable bonds is 16. The zero-order chi connectivity index (χ0) is 59.2. The lowest BCUT2D eigenvalue weighted by Crippen LogP contribution is -1.98. The zero-order valence-corrected chi connectivity index (χ0v) is 52.5. The lowest BCUT2D eigenvalue weighted by molar-refractivity contribution is 0.620. The van der Waals surface area contributed by atoms with E-state index in [0.717, 1.165) is 67.3 Å². The molecule has 0 N–H and O–H groups in total. The van der Waals surface area contributed by atoms with Gasteiger partial charge in [0, 0.05) is 73.6 Å². The Balaban J connectivity index is 0.000000457. The standard InChI is InChI=1S/3C10H14.3C9H13N.2C8H12N2/c3*1-9(2)8-10-6-4-3-5-7-10;1-8(2)6-9-4-3-5-10-7-9;2*1-8(2)7-9-5-3-4-6-10-9;1-7(2)5-8-6-9-3-4-10-8;1-7(2)6-8-9-4-3-5-10-8/h3*3-7,9H,8H2,1-2H3;3-5,7-8H,6H2,1-2H3;2*3-6,8H,7H2,1-2H3;3-4,6-7H,5H2,1-2H3;3-5,7H,6H2,1-2H3. The van der Waals surface area contributed by atoms with Crippen molar-refractivity contribution < 1.29 is 0 Å². The van der Waals surface area contributed by atoms with Crippen LogP contribution in [0.5, 0.6) is 0 Å². The van der Waals surface area contributed by atoms with E-state index in [0.29, 0.717) is 23.7 Å². The molecule has 0 spiro atoms. The number of hydrogen-bond donors (Lipinski definition) is 0. The highest BCUT2D eigenvalue weighted by molar-refractivity contribution is 5.17. The smallest absolute Gasteiger partial charge is 0.128 e. The Labute approximate surface area is 488 Å². The van der Waals surface area contributed by atoms with Crippen LogP contribution in [0, 0.1) is 47.3 Å². The Bertz CT molecular complexity index is 1980. The molecule has 0 unspecified atom stereocenters. The van der Waals surface area contributed by atoms with E-state index in [2.05, 4.69) is 255 Å². The van der Waals surface area contributed by atoms with Crippen LogP contribution in [-0.2, 0) is 51.4 Å². The van der Waals surface area contributed by atoms with Gasteiger partial charge in [-0.15, -0.1) is 0 Å². The highest BCUT2D eigenvalue weighted by atomic mass is 14.8. The average Bonchev–Trinajstić information content (AvgIpc) is 3.41. The largest absolute Gasteiger partial charge is 0.264 e. The fourth-order valence-electron chi connectivity index (χ4n) is 7.78. The number of hydrogen-bond acceptors (Lipinski definition) is 7. The molecule has 7 heteroatoms. The minimum absolute atomic E-state index is 0.641. The van der Waals surface area contributed by atoms with E-state index >= 15 is 0 Å². The maximum absolute atomic E-state index is 4.22. The summed E-state index contributed by atoms with van der Waals surface area (Å²) in [6.45, 7) is 35.4. The topological polar surface area (TPSA) is 90.2 Å². The van der Waals surface area contributed by atoms with Crippen molar-refractivity contribution in [3.05, 3.63) is 247 Å². The molecule has 8 aromatic rings. The predicted molar refractivity (Wildman–Crippen MR) is 344 cm³/mol. The van der Waals surface area contributed by atoms with Crippen LogP contribution >= 0.6 is 0 Å². The minimum Gasteiger partial charge on any atom is -0.264 e. The van der Waals surface area contributed by atoms with E-state index in [1.165, 1.54) is 52.9 Å². The average molecular weight is 1080 g/mol. The van der Waals surface area contributed by atoms with Gasteiger partial charge in [0.25, 0.3) is 0 Å². The summed E-state index contributed by atoms with van der Waals surface area (Å²) in [5, 5.41) is 0. The molecule has 7 nitrogen and oxygen atoms in total. The quantitative estimate of drug-likeness (QED) is 0.0952. The third kappa shape index (κ3) is 44.2. The van der Waals surface area contributed by atoms with Gasteiger partial charge in [-0.2, -0.15) is 0 Å². The van der Waals surface area contributed by atoms with Crippen LogP contribution in [0.3, 0.4) is 0 Å². The molecule has 5 heterocycles. The van der Waals surface area contributed by atoms with Crippen molar-refractivity contribution in [3.8, 4) is 0 Å². The Hall–Kier alpha value is -6.73. The first-order valence-electron chi connectivity index (χ1n) is 29.6. The third-order valence-corrected chi connectivity index (χ3v) is 11.0. The van der Waals surface area contributed by atoms with Gasteiger partial charge in [-0.3, -0.25) is 24.9 Å². The van der Waals surface area contributed by atoms with Crippen molar-refractivity contribution in [1.29, 1.82) is 0 Å². The van der Waals surface area contributed by atoms with Gasteiger partial charge >= 0.3 is 0 Å². The summed E-state index contributed by atoms with van der Waals surface area (Å²) in [6.07, 6.45) is 25.1. The SMILES string of the molecule is CC(C)Cc1ccccc1.CC(C)Cc1ccccc1.CC(C)Cc1ccccc1.CC(C)Cc1ccccn1.CC(C)Cc1ccccn1.CC(C)Cc1cccnc1.CC(C)Cc1cnccn1.CC(C)Cc1ncccn1. The van der Waals surface area contributed by atoms with E-state index in [1.54, 1.807) is 24.8 Å². The molecule has 0 fully saturated rings. The molecule has 0 aliphatic carbocycles. The van der Waals surface area contributed by atoms with Crippen molar-refractivity contribution in [3.63, 3.8) is 0 Å². The maximum Gasteiger partial charge on any atom is 0.128 e. The van der Waals surface area contributed by atoms with Crippen molar-refractivity contribution in [2.24, 2.45) is 47.3 Å². The summed E-state index contributed by atoms with van der Waals surface area (Å²) < 4.78 is 0. The summed E-state index contributed by atoms with van der Waals surface area (Å²) in [5.41, 5.74) is 9.12. The fourth-order valence-corrected chi connectivity index (χ4v) is 7.78. The Kier molecular flexibility index (Phi) is 41.0. The van der Waals surface area contributed by atoms with Crippen molar-refractivity contribution >= 4 is 0 Å². The molecule has 0 atom stereocenters. The molecule has 0 aliphatic heterocycles. The van der Waals surface area contributed by atoms with Gasteiger partial charge in [0.15, 0.2) is 0 Å². The van der Waals surface area contributed by atoms with Gasteiger partial charge < -0.3 is 0 Å². The van der Waals surface area contributed by atoms with Crippen LogP contribution in [0.25, 0.3) is 0 Å². The van der Waals surface area contributed by atoms with Gasteiger partial charge in [-0.05, 0) is 151 Å². The Morgan fingerprint density at radius 2 is 0.537 bits per heavy atom. The fraction of sp³-hybridized carbons (Fsp3) is 0.438. The van der Waals surface area contributed by atoms with Crippen LogP contribution in [-0.4, -0.2) is 34.9 Å². The number of pyridine rings is 3. The van der Waals surface area contributed by atoms with Gasteiger partial charge in [0.05, 0.1) is 5.69 Å². The molecule has 5 aromatic heterocycles. The van der Waals surface area contributed by atoms with Crippen molar-refractivity contribution in [2.45, 2.75) is 162 Å². The molecule has 0 radical (unpaired) electrons. The molecule has 8 rings (SSSR count). The summed E-state index contributed by atoms with van der Waals surface area (Å²) in [7, 11) is 0. The monoisotopic (exact) mass is 1080 g/mol. The van der Waals surface area contributed by atoms with E-state index in [-0.39, 0.29) is 0 Å². The summed E-state index contributed by atoms with van der Waals surface area (Å²) in [5.74, 6) is 6.68. The lowest BCUT2D eigenvalue weighted by Gasteiger charge is -2.02. The maximum atomic E-state index is 4.22. The van der Waals surface area contributed by atoms with E-state index in [4.69, 9.17) is 0 Å². The summed E-state index contributed by atoms with van der Waals surface area (Å²) >= 11 is 0. The van der Waals surface area contributed by atoms with Crippen molar-refractivity contribution in [1.82, 2.24) is 34.9 Å². The van der Waals surface area contributed by atoms with Gasteiger partial charge in [-0.25, -0.2) is 9.97 Å². The molecule has 0 saturated heterocycles. The van der Waals surface area contributed by atoms with Crippen LogP contribution in [0.15, 0.2) is 201 Å². The van der Waals surface area contributed by atoms with Crippen LogP contribution < -0.4 is 0 Å². The second-order valence-corrected chi connectivity index (χ2v) is 23.6. The zero-order valence-electron chi connectivity index (χ0n) is 52.5. The number of nitrogens with zero attached hydrogens (tertiary/aromatic N) is 7. The molecule has 3 aromatic carbocycles. The van der Waals surface area contributed by atoms with Gasteiger partial charge in [0.1, 0.15) is 5.82 Å². The second kappa shape index (κ2) is 46.1. The van der Waals surface area contributed by atoms with E-state index in [1.807, 2.05) is 67.4 Å². The third-order valence-electron chi connectivity index (χ3n) is 11.0. The van der Waals surface area contributed by atoms with E-state index < -0.39 is 0 Å². The first-order chi connectivity index (χ1) is 38.3. The summed E-state index contributed by atoms with van der Waals surface area (Å²) in [4.78, 5) is 28.8. The number of benzene rings is 3. The van der Waals surface area contributed by atoms with Crippen LogP contribution in [0.4, 0.5) is 0 Å². The first-order valence-corrected chi connectivity index (χ1v) is 29.6. The van der Waals surface area contributed by atoms with Crippen LogP contribution in [0.2, 0.25) is 0 Å². The van der Waals surface area contributed by atoms with Crippen LogP contribution in [0.1, 0.15) is 156 Å². The molecule has 0 aliphatic rings. The van der Waals surface area contributed by atoms with Gasteiger partial charge in [-0.1, -0.05) is 220 Å². The molecule has 0 amide bonds. The second-order valence-electron chi connectivity index (χ2n) is 23.6. The highest BCUT2D eigenvalue weighted by Gasteiger charge is 2.01. The summed E-state index contributed by atoms with van der Waals surface area (Å²) in [6, 6.07) is 49.9. The Morgan fingerprint density at radius 3 is 0.850 bits per heavy atom. The van der Waals surface area contributed by atoms with E-state index in [9.17, 15) is 0 Å². The minimum atomic E-state index is 0.641. The van der Waals surface area contributed by atoms with Gasteiger partial charge in [0.2, 0.25) is 0 Å². The molecule has 0 saturated carbocycles. The molecule has 80 heavy (non-hydrogen) atoms. The molecular weight excluding hydrogens is 975 g/mol. The molecule has 0 bridgehead atoms. The molecular formula is C73H105N7. The predicted octanol–water partition coefficient (Wildman–Crippen LogP) is 18.8. The normalized spacial score (nSPS) is 10.3. The molecule has 432 valence electrons. The highest BCUT2D eigenvalue weighted by Crippen LogP contribution is 2.10.